The third-order valence-corrected chi connectivity index (χ3v) is 8.60. The Balaban J connectivity index is 1.45. The second kappa shape index (κ2) is 14.3. The SMILES string of the molecule is COc1cc(OC)c(C(=O)C(c2cccc(NC(=O)Nc3cc(C(C)(C)C)nn3-c3ccc(C)cc3)c2)C2CCNCC2)c(OC)c1. The van der Waals surface area contributed by atoms with Gasteiger partial charge in [-0.2, -0.15) is 5.10 Å². The fourth-order valence-corrected chi connectivity index (χ4v) is 6.03. The van der Waals surface area contributed by atoms with Crippen LogP contribution in [-0.2, 0) is 5.41 Å². The molecule has 47 heavy (non-hydrogen) atoms. The fourth-order valence-electron chi connectivity index (χ4n) is 6.03. The summed E-state index contributed by atoms with van der Waals surface area (Å²) in [5.41, 5.74) is 4.35. The Bertz CT molecular complexity index is 1690. The van der Waals surface area contributed by atoms with E-state index < -0.39 is 11.9 Å². The van der Waals surface area contributed by atoms with E-state index in [0.717, 1.165) is 48.4 Å². The van der Waals surface area contributed by atoms with Crippen molar-refractivity contribution in [3.05, 3.63) is 89.1 Å². The molecule has 4 aromatic rings. The van der Waals surface area contributed by atoms with Crippen molar-refractivity contribution in [2.75, 3.05) is 45.1 Å². The third-order valence-electron chi connectivity index (χ3n) is 8.60. The smallest absolute Gasteiger partial charge is 0.324 e. The lowest BCUT2D eigenvalue weighted by Crippen LogP contribution is -2.34. The molecule has 1 aliphatic rings. The molecular weight excluding hydrogens is 594 g/mol. The lowest BCUT2D eigenvalue weighted by molar-refractivity contribution is 0.0909. The van der Waals surface area contributed by atoms with E-state index in [1.54, 1.807) is 23.9 Å². The van der Waals surface area contributed by atoms with Crippen molar-refractivity contribution in [3.63, 3.8) is 0 Å². The van der Waals surface area contributed by atoms with Crippen LogP contribution in [0, 0.1) is 12.8 Å². The maximum absolute atomic E-state index is 14.5. The maximum atomic E-state index is 14.5. The van der Waals surface area contributed by atoms with Gasteiger partial charge < -0.3 is 24.8 Å². The van der Waals surface area contributed by atoms with Gasteiger partial charge in [-0.15, -0.1) is 0 Å². The Morgan fingerprint density at radius 2 is 1.55 bits per heavy atom. The summed E-state index contributed by atoms with van der Waals surface area (Å²) in [6.45, 7) is 9.92. The van der Waals surface area contributed by atoms with Crippen LogP contribution in [0.25, 0.3) is 5.69 Å². The third kappa shape index (κ3) is 7.60. The first-order valence-corrected chi connectivity index (χ1v) is 15.9. The van der Waals surface area contributed by atoms with Gasteiger partial charge in [0.25, 0.3) is 0 Å². The number of ketones is 1. The van der Waals surface area contributed by atoms with E-state index in [9.17, 15) is 9.59 Å². The van der Waals surface area contributed by atoms with Gasteiger partial charge >= 0.3 is 6.03 Å². The minimum atomic E-state index is -0.490. The molecule has 5 rings (SSSR count). The van der Waals surface area contributed by atoms with E-state index in [0.29, 0.717) is 34.3 Å². The number of benzene rings is 3. The molecule has 1 unspecified atom stereocenters. The average molecular weight is 640 g/mol. The normalized spacial score (nSPS) is 14.3. The van der Waals surface area contributed by atoms with Gasteiger partial charge in [0.2, 0.25) is 0 Å². The zero-order valence-electron chi connectivity index (χ0n) is 28.3. The summed E-state index contributed by atoms with van der Waals surface area (Å²) in [6.07, 6.45) is 1.66. The molecule has 2 heterocycles. The lowest BCUT2D eigenvalue weighted by atomic mass is 9.76. The van der Waals surface area contributed by atoms with Gasteiger partial charge in [-0.1, -0.05) is 50.6 Å². The monoisotopic (exact) mass is 639 g/mol. The topological polar surface area (TPSA) is 116 Å². The molecule has 0 aliphatic carbocycles. The predicted molar refractivity (Wildman–Crippen MR) is 185 cm³/mol. The van der Waals surface area contributed by atoms with Crippen molar-refractivity contribution in [2.45, 2.75) is 51.9 Å². The second-order valence-electron chi connectivity index (χ2n) is 13.0. The average Bonchev–Trinajstić information content (AvgIpc) is 3.49. The molecule has 3 aromatic carbocycles. The molecule has 1 aliphatic heterocycles. The van der Waals surface area contributed by atoms with Crippen LogP contribution < -0.4 is 30.2 Å². The molecule has 0 spiro atoms. The number of aromatic nitrogens is 2. The van der Waals surface area contributed by atoms with E-state index in [1.165, 1.54) is 14.2 Å². The van der Waals surface area contributed by atoms with Gasteiger partial charge in [-0.3, -0.25) is 10.1 Å². The van der Waals surface area contributed by atoms with Crippen molar-refractivity contribution < 1.29 is 23.8 Å². The highest BCUT2D eigenvalue weighted by Crippen LogP contribution is 2.42. The maximum Gasteiger partial charge on any atom is 0.324 e. The molecule has 1 saturated heterocycles. The van der Waals surface area contributed by atoms with Crippen LogP contribution >= 0.6 is 0 Å². The Hall–Kier alpha value is -4.83. The number of aryl methyl sites for hydroxylation is 1. The molecule has 0 bridgehead atoms. The number of nitrogens with one attached hydrogen (secondary N) is 3. The largest absolute Gasteiger partial charge is 0.496 e. The van der Waals surface area contributed by atoms with Crippen LogP contribution in [0.4, 0.5) is 16.3 Å². The number of amides is 2. The minimum Gasteiger partial charge on any atom is -0.496 e. The molecule has 3 N–H and O–H groups in total. The minimum absolute atomic E-state index is 0.0732. The van der Waals surface area contributed by atoms with Crippen LogP contribution in [0.5, 0.6) is 17.2 Å². The number of urea groups is 1. The van der Waals surface area contributed by atoms with Crippen molar-refractivity contribution in [1.82, 2.24) is 15.1 Å². The van der Waals surface area contributed by atoms with Crippen LogP contribution in [0.1, 0.15) is 66.7 Å². The van der Waals surface area contributed by atoms with E-state index in [1.807, 2.05) is 61.5 Å². The molecule has 0 radical (unpaired) electrons. The Morgan fingerprint density at radius 1 is 0.894 bits per heavy atom. The molecule has 1 atom stereocenters. The summed E-state index contributed by atoms with van der Waals surface area (Å²) in [5, 5.41) is 14.2. The zero-order valence-corrected chi connectivity index (χ0v) is 28.3. The van der Waals surface area contributed by atoms with Crippen LogP contribution in [0.15, 0.2) is 66.7 Å². The molecule has 10 nitrogen and oxygen atoms in total. The van der Waals surface area contributed by atoms with Gasteiger partial charge in [0.15, 0.2) is 5.78 Å². The second-order valence-corrected chi connectivity index (χ2v) is 13.0. The first kappa shape index (κ1) is 33.5. The predicted octanol–water partition coefficient (Wildman–Crippen LogP) is 7.11. The van der Waals surface area contributed by atoms with Gasteiger partial charge in [-0.25, -0.2) is 9.48 Å². The number of hydrogen-bond acceptors (Lipinski definition) is 7. The highest BCUT2D eigenvalue weighted by atomic mass is 16.5. The summed E-state index contributed by atoms with van der Waals surface area (Å²) in [4.78, 5) is 28.0. The fraction of sp³-hybridized carbons (Fsp3) is 0.378. The van der Waals surface area contributed by atoms with Gasteiger partial charge in [0.1, 0.15) is 28.6 Å². The number of hydrogen-bond donors (Lipinski definition) is 3. The van der Waals surface area contributed by atoms with E-state index in [-0.39, 0.29) is 17.1 Å². The molecule has 1 aromatic heterocycles. The van der Waals surface area contributed by atoms with Crippen LogP contribution in [0.3, 0.4) is 0 Å². The number of carbonyl (C=O) groups excluding carboxylic acids is 2. The molecule has 1 fully saturated rings. The van der Waals surface area contributed by atoms with E-state index in [4.69, 9.17) is 19.3 Å². The van der Waals surface area contributed by atoms with Crippen molar-refractivity contribution >= 4 is 23.3 Å². The number of Topliss-reactive ketones (excluding diaryl/α,β-unsaturated/α-hetero) is 1. The molecule has 248 valence electrons. The van der Waals surface area contributed by atoms with Crippen molar-refractivity contribution in [3.8, 4) is 22.9 Å². The number of rotatable bonds is 10. The molecule has 2 amide bonds. The highest BCUT2D eigenvalue weighted by molar-refractivity contribution is 6.06. The van der Waals surface area contributed by atoms with Gasteiger partial charge in [0.05, 0.1) is 38.6 Å². The number of methoxy groups -OCH3 is 3. The number of ether oxygens (including phenoxy) is 3. The summed E-state index contributed by atoms with van der Waals surface area (Å²) in [7, 11) is 4.62. The first-order valence-electron chi connectivity index (χ1n) is 15.9. The standard InChI is InChI=1S/C37H45N5O5/c1-23-11-13-27(14-12-23)42-32(22-31(41-42)37(2,3)4)40-36(44)39-26-10-8-9-25(19-26)33(24-15-17-38-18-16-24)35(43)34-29(46-6)20-28(45-5)21-30(34)47-7/h8-14,19-22,24,33,38H,15-18H2,1-7H3,(H2,39,40,44). The Morgan fingerprint density at radius 3 is 2.15 bits per heavy atom. The van der Waals surface area contributed by atoms with Crippen LogP contribution in [0.2, 0.25) is 0 Å². The summed E-state index contributed by atoms with van der Waals surface area (Å²) in [5.74, 6) is 1.33. The van der Waals surface area contributed by atoms with Gasteiger partial charge in [0, 0.05) is 29.3 Å². The first-order chi connectivity index (χ1) is 22.5. The highest BCUT2D eigenvalue weighted by Gasteiger charge is 2.35. The quantitative estimate of drug-likeness (QED) is 0.158. The Kier molecular flexibility index (Phi) is 10.2. The Labute approximate surface area is 276 Å². The van der Waals surface area contributed by atoms with Crippen molar-refractivity contribution in [1.29, 1.82) is 0 Å². The van der Waals surface area contributed by atoms with Crippen LogP contribution in [-0.4, -0.2) is 56.0 Å². The molecule has 0 saturated carbocycles. The zero-order chi connectivity index (χ0) is 33.7. The summed E-state index contributed by atoms with van der Waals surface area (Å²) >= 11 is 0. The summed E-state index contributed by atoms with van der Waals surface area (Å²) < 4.78 is 18.5. The lowest BCUT2D eigenvalue weighted by Gasteiger charge is -2.31. The number of nitrogens with zero attached hydrogens (tertiary/aromatic N) is 2. The number of piperidine rings is 1. The van der Waals surface area contributed by atoms with Gasteiger partial charge in [-0.05, 0) is 68.6 Å². The molecular formula is C37H45N5O5. The molecule has 10 heteroatoms. The summed E-state index contributed by atoms with van der Waals surface area (Å²) in [6, 6.07) is 20.4. The number of carbonyl (C=O) groups is 2. The van der Waals surface area contributed by atoms with E-state index in [2.05, 4.69) is 36.7 Å². The van der Waals surface area contributed by atoms with E-state index >= 15 is 0 Å². The number of anilines is 2. The van der Waals surface area contributed by atoms with Crippen molar-refractivity contribution in [2.24, 2.45) is 5.92 Å².